The molecule has 1 aromatic carbocycles. The molecular weight excluding hydrogens is 289 g/mol. The molecule has 4 N–H and O–H groups in total. The quantitative estimate of drug-likeness (QED) is 0.500. The van der Waals surface area contributed by atoms with Gasteiger partial charge in [-0.1, -0.05) is 15.9 Å². The van der Waals surface area contributed by atoms with Crippen LogP contribution >= 0.6 is 15.9 Å². The first-order chi connectivity index (χ1) is 7.27. The Balaban J connectivity index is 3.34. The Labute approximate surface area is 97.7 Å². The number of nitrogens with two attached hydrogens (primary N) is 2. The van der Waals surface area contributed by atoms with Crippen molar-refractivity contribution >= 4 is 33.1 Å². The predicted octanol–water partition coefficient (Wildman–Crippen LogP) is 2.45. The third-order valence-corrected chi connectivity index (χ3v) is 2.44. The Hall–Kier alpha value is -1.24. The van der Waals surface area contributed by atoms with Gasteiger partial charge in [-0.15, -0.1) is 0 Å². The molecule has 0 aliphatic carbocycles. The standard InChI is InChI=1S/C9H8BrF3N2O/c10-3-7(16)8-5(14)1-4(2-6(8)15)9(11,12)13/h1-2H,3,14-15H2. The number of rotatable bonds is 2. The first-order valence-corrected chi connectivity index (χ1v) is 5.25. The molecule has 0 aliphatic heterocycles. The van der Waals surface area contributed by atoms with Gasteiger partial charge in [0.05, 0.1) is 16.5 Å². The van der Waals surface area contributed by atoms with Crippen molar-refractivity contribution in [3.8, 4) is 0 Å². The van der Waals surface area contributed by atoms with Crippen LogP contribution in [0.4, 0.5) is 24.5 Å². The molecule has 88 valence electrons. The lowest BCUT2D eigenvalue weighted by molar-refractivity contribution is -0.137. The molecule has 1 aromatic rings. The highest BCUT2D eigenvalue weighted by atomic mass is 79.9. The summed E-state index contributed by atoms with van der Waals surface area (Å²) in [4.78, 5) is 11.3. The van der Waals surface area contributed by atoms with Gasteiger partial charge in [-0.2, -0.15) is 13.2 Å². The van der Waals surface area contributed by atoms with Crippen LogP contribution in [0.15, 0.2) is 12.1 Å². The molecule has 0 spiro atoms. The normalized spacial score (nSPS) is 11.5. The van der Waals surface area contributed by atoms with E-state index >= 15 is 0 Å². The Kier molecular flexibility index (Phi) is 3.47. The summed E-state index contributed by atoms with van der Waals surface area (Å²) in [6, 6.07) is 1.40. The average Bonchev–Trinajstić information content (AvgIpc) is 2.14. The second-order valence-corrected chi connectivity index (χ2v) is 3.65. The highest BCUT2D eigenvalue weighted by molar-refractivity contribution is 9.09. The predicted molar refractivity (Wildman–Crippen MR) is 58.4 cm³/mol. The van der Waals surface area contributed by atoms with Crippen LogP contribution in [-0.4, -0.2) is 11.1 Å². The number of anilines is 2. The van der Waals surface area contributed by atoms with Gasteiger partial charge in [-0.25, -0.2) is 0 Å². The fourth-order valence-corrected chi connectivity index (χ4v) is 1.52. The molecule has 0 fully saturated rings. The van der Waals surface area contributed by atoms with E-state index in [0.717, 1.165) is 0 Å². The van der Waals surface area contributed by atoms with Gasteiger partial charge < -0.3 is 11.5 Å². The Bertz CT molecular complexity index is 408. The molecular formula is C9H8BrF3N2O. The van der Waals surface area contributed by atoms with E-state index in [2.05, 4.69) is 15.9 Å². The largest absolute Gasteiger partial charge is 0.416 e. The number of alkyl halides is 4. The smallest absolute Gasteiger partial charge is 0.398 e. The molecule has 7 heteroatoms. The molecule has 0 aromatic heterocycles. The van der Waals surface area contributed by atoms with E-state index in [4.69, 9.17) is 11.5 Å². The van der Waals surface area contributed by atoms with Crippen LogP contribution in [0.2, 0.25) is 0 Å². The van der Waals surface area contributed by atoms with Gasteiger partial charge in [0.1, 0.15) is 0 Å². The fourth-order valence-electron chi connectivity index (χ4n) is 1.24. The Morgan fingerprint density at radius 2 is 1.69 bits per heavy atom. The lowest BCUT2D eigenvalue weighted by Crippen LogP contribution is -2.13. The van der Waals surface area contributed by atoms with Crippen molar-refractivity contribution in [1.82, 2.24) is 0 Å². The molecule has 0 saturated heterocycles. The van der Waals surface area contributed by atoms with Crippen molar-refractivity contribution in [2.45, 2.75) is 6.18 Å². The molecule has 0 unspecified atom stereocenters. The first-order valence-electron chi connectivity index (χ1n) is 4.12. The van der Waals surface area contributed by atoms with E-state index in [-0.39, 0.29) is 22.3 Å². The maximum atomic E-state index is 12.4. The second kappa shape index (κ2) is 4.32. The van der Waals surface area contributed by atoms with E-state index in [0.29, 0.717) is 12.1 Å². The minimum absolute atomic E-state index is 0.0488. The van der Waals surface area contributed by atoms with Crippen LogP contribution < -0.4 is 11.5 Å². The second-order valence-electron chi connectivity index (χ2n) is 3.08. The van der Waals surface area contributed by atoms with Crippen molar-refractivity contribution in [1.29, 1.82) is 0 Å². The van der Waals surface area contributed by atoms with Crippen LogP contribution in [-0.2, 0) is 6.18 Å². The number of nitrogen functional groups attached to an aromatic ring is 2. The number of benzene rings is 1. The van der Waals surface area contributed by atoms with Crippen LogP contribution in [0, 0.1) is 0 Å². The number of halogens is 4. The van der Waals surface area contributed by atoms with Gasteiger partial charge >= 0.3 is 6.18 Å². The molecule has 0 heterocycles. The summed E-state index contributed by atoms with van der Waals surface area (Å²) in [5.41, 5.74) is 9.17. The van der Waals surface area contributed by atoms with E-state index in [1.807, 2.05) is 0 Å². The molecule has 0 aliphatic rings. The summed E-state index contributed by atoms with van der Waals surface area (Å²) in [6.45, 7) is 0. The van der Waals surface area contributed by atoms with Crippen molar-refractivity contribution in [3.63, 3.8) is 0 Å². The summed E-state index contributed by atoms with van der Waals surface area (Å²) >= 11 is 2.89. The zero-order chi connectivity index (χ0) is 12.5. The summed E-state index contributed by atoms with van der Waals surface area (Å²) < 4.78 is 37.1. The maximum absolute atomic E-state index is 12.4. The van der Waals surface area contributed by atoms with Crippen LogP contribution in [0.3, 0.4) is 0 Å². The highest BCUT2D eigenvalue weighted by Gasteiger charge is 2.32. The van der Waals surface area contributed by atoms with Crippen LogP contribution in [0.1, 0.15) is 15.9 Å². The van der Waals surface area contributed by atoms with Crippen molar-refractivity contribution in [3.05, 3.63) is 23.3 Å². The van der Waals surface area contributed by atoms with E-state index < -0.39 is 17.5 Å². The van der Waals surface area contributed by atoms with Gasteiger partial charge in [0.15, 0.2) is 5.78 Å². The first kappa shape index (κ1) is 12.8. The molecule has 0 bridgehead atoms. The SMILES string of the molecule is Nc1cc(C(F)(F)F)cc(N)c1C(=O)CBr. The number of ketones is 1. The zero-order valence-corrected chi connectivity index (χ0v) is 9.52. The third-order valence-electron chi connectivity index (χ3n) is 1.93. The average molecular weight is 297 g/mol. The number of hydrogen-bond acceptors (Lipinski definition) is 3. The molecule has 3 nitrogen and oxygen atoms in total. The topological polar surface area (TPSA) is 69.1 Å². The lowest BCUT2D eigenvalue weighted by Gasteiger charge is -2.12. The van der Waals surface area contributed by atoms with Crippen LogP contribution in [0.5, 0.6) is 0 Å². The van der Waals surface area contributed by atoms with E-state index in [9.17, 15) is 18.0 Å². The van der Waals surface area contributed by atoms with E-state index in [1.54, 1.807) is 0 Å². The van der Waals surface area contributed by atoms with Crippen molar-refractivity contribution in [2.24, 2.45) is 0 Å². The summed E-state index contributed by atoms with van der Waals surface area (Å²) in [7, 11) is 0. The summed E-state index contributed by atoms with van der Waals surface area (Å²) in [5.74, 6) is -0.455. The van der Waals surface area contributed by atoms with E-state index in [1.165, 1.54) is 0 Å². The number of carbonyl (C=O) groups is 1. The number of hydrogen-bond donors (Lipinski definition) is 2. The Morgan fingerprint density at radius 1 is 1.25 bits per heavy atom. The summed E-state index contributed by atoms with van der Waals surface area (Å²) in [6.07, 6.45) is -4.53. The highest BCUT2D eigenvalue weighted by Crippen LogP contribution is 2.34. The lowest BCUT2D eigenvalue weighted by atomic mass is 10.0. The van der Waals surface area contributed by atoms with Gasteiger partial charge in [0.25, 0.3) is 0 Å². The zero-order valence-electron chi connectivity index (χ0n) is 7.94. The molecule has 0 amide bonds. The number of Topliss-reactive ketones (excluding diaryl/α,β-unsaturated/α-hetero) is 1. The maximum Gasteiger partial charge on any atom is 0.416 e. The monoisotopic (exact) mass is 296 g/mol. The molecule has 0 radical (unpaired) electrons. The Morgan fingerprint density at radius 3 is 2.00 bits per heavy atom. The minimum atomic E-state index is -4.53. The van der Waals surface area contributed by atoms with Crippen molar-refractivity contribution < 1.29 is 18.0 Å². The van der Waals surface area contributed by atoms with Gasteiger partial charge in [0.2, 0.25) is 0 Å². The van der Waals surface area contributed by atoms with Gasteiger partial charge in [-0.3, -0.25) is 4.79 Å². The molecule has 1 rings (SSSR count). The van der Waals surface area contributed by atoms with Crippen LogP contribution in [0.25, 0.3) is 0 Å². The summed E-state index contributed by atoms with van der Waals surface area (Å²) in [5, 5.41) is -0.0488. The minimum Gasteiger partial charge on any atom is -0.398 e. The molecule has 16 heavy (non-hydrogen) atoms. The van der Waals surface area contributed by atoms with Gasteiger partial charge in [0, 0.05) is 11.4 Å². The van der Waals surface area contributed by atoms with Gasteiger partial charge in [-0.05, 0) is 12.1 Å². The third kappa shape index (κ3) is 2.46. The fraction of sp³-hybridized carbons (Fsp3) is 0.222. The van der Waals surface area contributed by atoms with Crippen molar-refractivity contribution in [2.75, 3.05) is 16.8 Å². The molecule has 0 saturated carbocycles. The number of carbonyl (C=O) groups excluding carboxylic acids is 1. The molecule has 0 atom stereocenters.